The number of phenols is 2. The molecule has 10 rings (SSSR count). The second-order valence-electron chi connectivity index (χ2n) is 30.5. The first-order valence-corrected chi connectivity index (χ1v) is 41.5. The molecule has 11 heteroatoms. The number of ether oxygens (including phenoxy) is 9. The third-order valence-electron chi connectivity index (χ3n) is 21.6. The van der Waals surface area contributed by atoms with Crippen LogP contribution in [0.1, 0.15) is 392 Å². The molecule has 0 amide bonds. The van der Waals surface area contributed by atoms with Crippen molar-refractivity contribution >= 4 is 0 Å². The minimum atomic E-state index is -0.319. The zero-order valence-corrected chi connectivity index (χ0v) is 69.7. The predicted molar refractivity (Wildman–Crippen MR) is 520 cm³/mol. The van der Waals surface area contributed by atoms with Crippen LogP contribution in [0.2, 0.25) is 0 Å². The first-order chi connectivity index (χ1) is 52.6. The molecule has 2 fully saturated rings. The Morgan fingerprint density at radius 3 is 0.908 bits per heavy atom. The van der Waals surface area contributed by atoms with E-state index in [1.165, 1.54) is 114 Å². The summed E-state index contributed by atoms with van der Waals surface area (Å²) in [6, 6.07) is 63.4. The van der Waals surface area contributed by atoms with Crippen LogP contribution in [0.5, 0.6) is 46.0 Å². The van der Waals surface area contributed by atoms with Crippen molar-refractivity contribution in [1.29, 1.82) is 0 Å². The molecule has 119 heavy (non-hydrogen) atoms. The van der Waals surface area contributed by atoms with Crippen molar-refractivity contribution in [1.82, 2.24) is 0 Å². The Hall–Kier alpha value is -7.96. The maximum atomic E-state index is 9.01. The Labute approximate surface area is 732 Å². The summed E-state index contributed by atoms with van der Waals surface area (Å²) in [6.45, 7) is 39.7. The van der Waals surface area contributed by atoms with E-state index in [1.54, 1.807) is 24.3 Å². The van der Waals surface area contributed by atoms with E-state index in [9.17, 15) is 0 Å². The zero-order chi connectivity index (χ0) is 78.9. The fraction of sp³-hybridized carbons (Fsp3) is 0.556. The van der Waals surface area contributed by atoms with E-state index in [-0.39, 0.29) is 93.1 Å². The van der Waals surface area contributed by atoms with Gasteiger partial charge < -0.3 is 52.8 Å². The van der Waals surface area contributed by atoms with E-state index in [0.717, 1.165) is 72.5 Å². The van der Waals surface area contributed by atoms with E-state index < -0.39 is 0 Å². The zero-order valence-electron chi connectivity index (χ0n) is 69.7. The van der Waals surface area contributed by atoms with E-state index in [1.807, 2.05) is 81.4 Å². The average Bonchev–Trinajstić information content (AvgIpc) is 0.836. The molecule has 676 valence electrons. The summed E-state index contributed by atoms with van der Waals surface area (Å²) in [7, 11) is 0. The van der Waals surface area contributed by atoms with Crippen molar-refractivity contribution in [2.45, 2.75) is 360 Å². The highest BCUT2D eigenvalue weighted by Gasteiger charge is 2.21. The normalized spacial score (nSPS) is 13.9. The fourth-order valence-corrected chi connectivity index (χ4v) is 13.3. The van der Waals surface area contributed by atoms with Gasteiger partial charge in [-0.2, -0.15) is 0 Å². The fourth-order valence-electron chi connectivity index (χ4n) is 13.3. The van der Waals surface area contributed by atoms with Gasteiger partial charge in [0.15, 0.2) is 18.9 Å². The lowest BCUT2D eigenvalue weighted by Crippen LogP contribution is -2.20. The summed E-state index contributed by atoms with van der Waals surface area (Å²) < 4.78 is 52.8. The van der Waals surface area contributed by atoms with Crippen molar-refractivity contribution in [3.63, 3.8) is 0 Å². The second-order valence-corrected chi connectivity index (χ2v) is 30.5. The van der Waals surface area contributed by atoms with Gasteiger partial charge in [-0.15, -0.1) is 0 Å². The minimum absolute atomic E-state index is 0. The second kappa shape index (κ2) is 66.7. The van der Waals surface area contributed by atoms with Crippen molar-refractivity contribution in [3.8, 4) is 46.0 Å². The molecular formula is C108H178O11. The Kier molecular flexibility index (Phi) is 67.0. The standard InChI is InChI=1S/2C26H36O3.C26H38O3.2C10H14O.10CH4/c1-4-20(2)22-14-16-24(17-15-22)29-21(3)27-18-19-28-26-13-9-8-12-25(26)23-10-6-5-7-11-23;1-4-20(2)22-10-16-26(17-11-22)29-21(3)27-18-19-28-25-14-12-24(13-15-25)23-8-6-5-7-9-23;1-8-20(6)22-9-12-24(13-10-22)29-21(7)27-15-16-28-26-14-11-23(18(2)3)17-25(26)19(4)5;2*1-3-8(2)9-4-6-10(11)7-5-9;;;;;;;;;;/h8-9,12-17,20-21,23H,4-7,10-11,18-19H2,1-3H3;10-17,20-21,23H,4-9,18-19H2,1-3H3;9-14,17-21H,8,15-16H2,1-7H3;2*4-8,11H,3H2,1-2H3;10*1H4. The van der Waals surface area contributed by atoms with Crippen LogP contribution in [0, 0.1) is 0 Å². The summed E-state index contributed by atoms with van der Waals surface area (Å²) in [5.74, 6) is 11.3. The van der Waals surface area contributed by atoms with Gasteiger partial charge >= 0.3 is 0 Å². The van der Waals surface area contributed by atoms with Crippen molar-refractivity contribution in [3.05, 3.63) is 238 Å². The van der Waals surface area contributed by atoms with E-state index in [2.05, 4.69) is 200 Å². The minimum Gasteiger partial charge on any atom is -0.508 e. The number of hydrogen-bond donors (Lipinski definition) is 2. The lowest BCUT2D eigenvalue weighted by molar-refractivity contribution is -0.0742. The van der Waals surface area contributed by atoms with Gasteiger partial charge in [-0.1, -0.05) is 313 Å². The summed E-state index contributed by atoms with van der Waals surface area (Å²) >= 11 is 0. The van der Waals surface area contributed by atoms with Crippen LogP contribution in [0.3, 0.4) is 0 Å². The van der Waals surface area contributed by atoms with Crippen LogP contribution in [0.25, 0.3) is 0 Å². The van der Waals surface area contributed by atoms with Crippen molar-refractivity contribution < 1.29 is 52.8 Å². The molecule has 0 radical (unpaired) electrons. The average molecular weight is 1650 g/mol. The number of hydrogen-bond acceptors (Lipinski definition) is 11. The van der Waals surface area contributed by atoms with Crippen molar-refractivity contribution in [2.75, 3.05) is 39.6 Å². The molecule has 0 aliphatic heterocycles. The highest BCUT2D eigenvalue weighted by Crippen LogP contribution is 2.39. The summed E-state index contributed by atoms with van der Waals surface area (Å²) in [5.41, 5.74) is 12.0. The van der Waals surface area contributed by atoms with Crippen LogP contribution >= 0.6 is 0 Å². The smallest absolute Gasteiger partial charge is 0.197 e. The first kappa shape index (κ1) is 120. The van der Waals surface area contributed by atoms with E-state index in [4.69, 9.17) is 52.8 Å². The Bertz CT molecular complexity index is 3600. The lowest BCUT2D eigenvalue weighted by atomic mass is 9.84. The van der Waals surface area contributed by atoms with Crippen LogP contribution in [0.15, 0.2) is 188 Å². The van der Waals surface area contributed by atoms with Crippen LogP contribution in [-0.4, -0.2) is 68.7 Å². The maximum Gasteiger partial charge on any atom is 0.197 e. The highest BCUT2D eigenvalue weighted by atomic mass is 16.7. The molecule has 0 spiro atoms. The van der Waals surface area contributed by atoms with Gasteiger partial charge in [0, 0.05) is 0 Å². The topological polar surface area (TPSA) is 124 Å². The molecule has 8 atom stereocenters. The number of para-hydroxylation sites is 1. The van der Waals surface area contributed by atoms with Crippen LogP contribution in [-0.2, 0) is 14.2 Å². The largest absolute Gasteiger partial charge is 0.508 e. The number of aromatic hydroxyl groups is 2. The molecule has 2 aliphatic carbocycles. The van der Waals surface area contributed by atoms with Gasteiger partial charge in [0.05, 0.1) is 19.8 Å². The van der Waals surface area contributed by atoms with Gasteiger partial charge in [-0.05, 0) is 267 Å². The highest BCUT2D eigenvalue weighted by molar-refractivity contribution is 5.41. The molecule has 8 aromatic rings. The monoisotopic (exact) mass is 1650 g/mol. The summed E-state index contributed by atoms with van der Waals surface area (Å²) in [5, 5.41) is 18.0. The Morgan fingerprint density at radius 2 is 0.580 bits per heavy atom. The molecule has 8 unspecified atom stereocenters. The lowest BCUT2D eigenvalue weighted by Gasteiger charge is -2.24. The molecule has 2 saturated carbocycles. The molecule has 0 bridgehead atoms. The molecule has 11 nitrogen and oxygen atoms in total. The molecular weight excluding hydrogens is 1470 g/mol. The Morgan fingerprint density at radius 1 is 0.286 bits per heavy atom. The maximum absolute atomic E-state index is 9.01. The first-order valence-electron chi connectivity index (χ1n) is 41.5. The van der Waals surface area contributed by atoms with Gasteiger partial charge in [0.1, 0.15) is 65.8 Å². The van der Waals surface area contributed by atoms with Gasteiger partial charge in [-0.25, -0.2) is 0 Å². The molecule has 0 saturated heterocycles. The molecule has 8 aromatic carbocycles. The molecule has 0 heterocycles. The van der Waals surface area contributed by atoms with Gasteiger partial charge in [-0.3, -0.25) is 0 Å². The number of benzene rings is 8. The number of rotatable bonds is 35. The van der Waals surface area contributed by atoms with Gasteiger partial charge in [0.25, 0.3) is 0 Å². The van der Waals surface area contributed by atoms with Crippen molar-refractivity contribution in [2.24, 2.45) is 0 Å². The third kappa shape index (κ3) is 43.9. The SMILES string of the molecule is C.C.C.C.C.C.C.C.C.C.CCC(C)c1ccc(O)cc1.CCC(C)c1ccc(O)cc1.CCC(C)c1ccc(OC(C)OCCOc2ccc(C(C)C)cc2C(C)C)cc1.CCC(C)c1ccc(OC(C)OCCOc2ccc(C3CCCCC3)cc2)cc1.CCC(C)c1ccc(OC(C)OCCOc2ccccc2C2CCCCC2)cc1. The van der Waals surface area contributed by atoms with E-state index >= 15 is 0 Å². The van der Waals surface area contributed by atoms with Gasteiger partial charge in [0.2, 0.25) is 0 Å². The Balaban J connectivity index is -0.000000466. The number of phenolic OH excluding ortho intramolecular Hbond substituents is 2. The van der Waals surface area contributed by atoms with Crippen LogP contribution in [0.4, 0.5) is 0 Å². The summed E-state index contributed by atoms with van der Waals surface area (Å²) in [4.78, 5) is 0. The predicted octanol–water partition coefficient (Wildman–Crippen LogP) is 33.6. The molecule has 2 N–H and O–H groups in total. The quantitative estimate of drug-likeness (QED) is 0.0291. The van der Waals surface area contributed by atoms with Crippen LogP contribution < -0.4 is 28.4 Å². The summed E-state index contributed by atoms with van der Waals surface area (Å²) in [6.07, 6.45) is 18.1. The third-order valence-corrected chi connectivity index (χ3v) is 21.6. The molecule has 0 aromatic heterocycles. The molecule has 2 aliphatic rings. The van der Waals surface area contributed by atoms with E-state index in [0.29, 0.717) is 98.5 Å².